The van der Waals surface area contributed by atoms with E-state index in [0.717, 1.165) is 11.1 Å². The van der Waals surface area contributed by atoms with Crippen LogP contribution in [0.2, 0.25) is 0 Å². The van der Waals surface area contributed by atoms with Crippen LogP contribution in [0, 0.1) is 0 Å². The van der Waals surface area contributed by atoms with Gasteiger partial charge in [-0.25, -0.2) is 0 Å². The third-order valence-electron chi connectivity index (χ3n) is 3.59. The number of nitrogens with zero attached hydrogens (tertiary/aromatic N) is 2. The Bertz CT molecular complexity index is 808. The molecule has 132 valence electrons. The number of rotatable bonds is 5. The van der Waals surface area contributed by atoms with Gasteiger partial charge < -0.3 is 4.74 Å². The Hall–Kier alpha value is -3.15. The Morgan fingerprint density at radius 1 is 0.692 bits per heavy atom. The number of hydrogen-bond acceptors (Lipinski definition) is 3. The largest absolute Gasteiger partial charge is 0.573 e. The number of azo groups is 1. The molecule has 0 aromatic heterocycles. The van der Waals surface area contributed by atoms with Crippen LogP contribution in [-0.2, 0) is 0 Å². The lowest BCUT2D eigenvalue weighted by Gasteiger charge is -2.12. The summed E-state index contributed by atoms with van der Waals surface area (Å²) in [5.41, 5.74) is 2.38. The molecule has 6 heteroatoms. The fourth-order valence-electron chi connectivity index (χ4n) is 2.44. The molecule has 3 rings (SSSR count). The maximum atomic E-state index is 12.2. The minimum absolute atomic E-state index is 0.292. The van der Waals surface area contributed by atoms with Crippen molar-refractivity contribution in [1.29, 1.82) is 0 Å². The molecule has 0 bridgehead atoms. The number of alkyl halides is 3. The minimum atomic E-state index is -4.71. The van der Waals surface area contributed by atoms with E-state index in [1.165, 1.54) is 24.3 Å². The summed E-state index contributed by atoms with van der Waals surface area (Å²) in [6.45, 7) is 0. The number of halogens is 3. The van der Waals surface area contributed by atoms with Crippen molar-refractivity contribution in [3.8, 4) is 5.75 Å². The summed E-state index contributed by atoms with van der Waals surface area (Å²) in [4.78, 5) is 0. The van der Waals surface area contributed by atoms with Crippen LogP contribution >= 0.6 is 0 Å². The highest BCUT2D eigenvalue weighted by Crippen LogP contribution is 2.29. The zero-order valence-electron chi connectivity index (χ0n) is 13.6. The molecule has 3 nitrogen and oxygen atoms in total. The average molecular weight is 356 g/mol. The molecule has 0 heterocycles. The third kappa shape index (κ3) is 4.92. The van der Waals surface area contributed by atoms with Crippen LogP contribution in [0.4, 0.5) is 18.9 Å². The molecule has 0 saturated heterocycles. The van der Waals surface area contributed by atoms with Crippen molar-refractivity contribution < 1.29 is 17.9 Å². The van der Waals surface area contributed by atoms with E-state index in [1.54, 1.807) is 0 Å². The first-order valence-electron chi connectivity index (χ1n) is 7.88. The molecule has 0 saturated carbocycles. The topological polar surface area (TPSA) is 34.0 Å². The second-order valence-electron chi connectivity index (χ2n) is 5.48. The van der Waals surface area contributed by atoms with Gasteiger partial charge in [-0.3, -0.25) is 0 Å². The molecule has 3 aromatic carbocycles. The van der Waals surface area contributed by atoms with E-state index in [2.05, 4.69) is 15.0 Å². The summed E-state index contributed by atoms with van der Waals surface area (Å²) in [6.07, 6.45) is -4.71. The van der Waals surface area contributed by atoms with Crippen LogP contribution in [0.25, 0.3) is 0 Å². The fourth-order valence-corrected chi connectivity index (χ4v) is 2.44. The molecule has 0 spiro atoms. The van der Waals surface area contributed by atoms with Crippen LogP contribution in [0.15, 0.2) is 95.2 Å². The Morgan fingerprint density at radius 3 is 1.65 bits per heavy atom. The number of ether oxygens (including phenoxy) is 1. The lowest BCUT2D eigenvalue weighted by atomic mass is 10.00. The highest BCUT2D eigenvalue weighted by Gasteiger charge is 2.30. The Morgan fingerprint density at radius 2 is 1.19 bits per heavy atom. The van der Waals surface area contributed by atoms with E-state index >= 15 is 0 Å². The van der Waals surface area contributed by atoms with Crippen molar-refractivity contribution in [2.45, 2.75) is 12.4 Å². The fraction of sp³-hybridized carbons (Fsp3) is 0.100. The van der Waals surface area contributed by atoms with Crippen molar-refractivity contribution >= 4 is 5.69 Å². The van der Waals surface area contributed by atoms with Gasteiger partial charge in [0.05, 0.1) is 5.69 Å². The van der Waals surface area contributed by atoms with Gasteiger partial charge in [-0.15, -0.1) is 13.2 Å². The van der Waals surface area contributed by atoms with E-state index in [0.29, 0.717) is 5.69 Å². The Balaban J connectivity index is 1.83. The summed E-state index contributed by atoms with van der Waals surface area (Å²) in [7, 11) is 0. The van der Waals surface area contributed by atoms with E-state index in [-0.39, 0.29) is 11.8 Å². The van der Waals surface area contributed by atoms with Gasteiger partial charge in [-0.2, -0.15) is 10.2 Å². The molecule has 0 aliphatic rings. The molecule has 0 aliphatic carbocycles. The zero-order valence-corrected chi connectivity index (χ0v) is 13.6. The lowest BCUT2D eigenvalue weighted by molar-refractivity contribution is -0.274. The van der Waals surface area contributed by atoms with Crippen LogP contribution < -0.4 is 4.74 Å². The summed E-state index contributed by atoms with van der Waals surface area (Å²) >= 11 is 0. The SMILES string of the molecule is FC(F)(F)Oc1ccc(N=NC(c2ccccc2)c2ccccc2)cc1. The first-order chi connectivity index (χ1) is 12.5. The maximum Gasteiger partial charge on any atom is 0.573 e. The summed E-state index contributed by atoms with van der Waals surface area (Å²) in [5, 5.41) is 8.59. The van der Waals surface area contributed by atoms with Crippen LogP contribution in [0.3, 0.4) is 0 Å². The van der Waals surface area contributed by atoms with Crippen LogP contribution in [-0.4, -0.2) is 6.36 Å². The lowest BCUT2D eigenvalue weighted by Crippen LogP contribution is -2.16. The second-order valence-corrected chi connectivity index (χ2v) is 5.48. The summed E-state index contributed by atoms with van der Waals surface area (Å²) < 4.78 is 40.5. The van der Waals surface area contributed by atoms with Crippen LogP contribution in [0.5, 0.6) is 5.75 Å². The average Bonchev–Trinajstić information content (AvgIpc) is 2.64. The van der Waals surface area contributed by atoms with Gasteiger partial charge in [0.2, 0.25) is 0 Å². The van der Waals surface area contributed by atoms with Gasteiger partial charge in [-0.1, -0.05) is 60.7 Å². The predicted molar refractivity (Wildman–Crippen MR) is 92.4 cm³/mol. The molecule has 0 amide bonds. The molecule has 0 atom stereocenters. The van der Waals surface area contributed by atoms with Crippen molar-refractivity contribution in [2.75, 3.05) is 0 Å². The third-order valence-corrected chi connectivity index (χ3v) is 3.59. The van der Waals surface area contributed by atoms with Gasteiger partial charge in [0.15, 0.2) is 0 Å². The quantitative estimate of drug-likeness (QED) is 0.483. The van der Waals surface area contributed by atoms with Crippen molar-refractivity contribution in [3.63, 3.8) is 0 Å². The van der Waals surface area contributed by atoms with Crippen molar-refractivity contribution in [2.24, 2.45) is 10.2 Å². The predicted octanol–water partition coefficient (Wildman–Crippen LogP) is 6.46. The number of benzene rings is 3. The van der Waals surface area contributed by atoms with Crippen LogP contribution in [0.1, 0.15) is 17.2 Å². The summed E-state index contributed by atoms with van der Waals surface area (Å²) in [6, 6.07) is 24.3. The molecule has 3 aromatic rings. The Kier molecular flexibility index (Phi) is 5.31. The second kappa shape index (κ2) is 7.82. The standard InChI is InChI=1S/C20H15F3N2O/c21-20(22,23)26-18-13-11-17(12-14-18)24-25-19(15-7-3-1-4-8-15)16-9-5-2-6-10-16/h1-14,19H. The van der Waals surface area contributed by atoms with Gasteiger partial charge in [0.25, 0.3) is 0 Å². The van der Waals surface area contributed by atoms with Gasteiger partial charge >= 0.3 is 6.36 Å². The van der Waals surface area contributed by atoms with Crippen molar-refractivity contribution in [3.05, 3.63) is 96.1 Å². The molecule has 0 unspecified atom stereocenters. The molecule has 0 N–H and O–H groups in total. The molecule has 26 heavy (non-hydrogen) atoms. The zero-order chi connectivity index (χ0) is 18.4. The molecule has 0 aliphatic heterocycles. The summed E-state index contributed by atoms with van der Waals surface area (Å²) in [5.74, 6) is -0.292. The van der Waals surface area contributed by atoms with E-state index in [1.807, 2.05) is 60.7 Å². The van der Waals surface area contributed by atoms with Gasteiger partial charge in [0.1, 0.15) is 11.8 Å². The highest BCUT2D eigenvalue weighted by molar-refractivity contribution is 5.41. The molecular formula is C20H15F3N2O. The normalized spacial score (nSPS) is 11.8. The molecule has 0 radical (unpaired) electrons. The maximum absolute atomic E-state index is 12.2. The first-order valence-corrected chi connectivity index (χ1v) is 7.88. The molecule has 0 fully saturated rings. The van der Waals surface area contributed by atoms with E-state index in [9.17, 15) is 13.2 Å². The minimum Gasteiger partial charge on any atom is -0.406 e. The Labute approximate surface area is 148 Å². The monoisotopic (exact) mass is 356 g/mol. The van der Waals surface area contributed by atoms with Crippen molar-refractivity contribution in [1.82, 2.24) is 0 Å². The van der Waals surface area contributed by atoms with E-state index in [4.69, 9.17) is 0 Å². The first kappa shape index (κ1) is 17.7. The van der Waals surface area contributed by atoms with E-state index < -0.39 is 6.36 Å². The number of hydrogen-bond donors (Lipinski definition) is 0. The highest BCUT2D eigenvalue weighted by atomic mass is 19.4. The molecular weight excluding hydrogens is 341 g/mol. The van der Waals surface area contributed by atoms with Gasteiger partial charge in [-0.05, 0) is 35.4 Å². The smallest absolute Gasteiger partial charge is 0.406 e. The van der Waals surface area contributed by atoms with Gasteiger partial charge in [0, 0.05) is 0 Å².